The molecule has 124 valence electrons. The number of nitrogens with one attached hydrogen (secondary N) is 1. The summed E-state index contributed by atoms with van der Waals surface area (Å²) in [6, 6.07) is 8.94. The number of hydrogen-bond donors (Lipinski definition) is 1. The Morgan fingerprint density at radius 1 is 1.00 bits per heavy atom. The van der Waals surface area contributed by atoms with E-state index in [1.54, 1.807) is 41.0 Å². The van der Waals surface area contributed by atoms with Gasteiger partial charge in [-0.05, 0) is 18.6 Å². The normalized spacial score (nSPS) is 15.0. The van der Waals surface area contributed by atoms with Gasteiger partial charge in [-0.1, -0.05) is 18.2 Å². The Bertz CT molecular complexity index is 559. The molecule has 1 aliphatic heterocycles. The van der Waals surface area contributed by atoms with Crippen molar-refractivity contribution in [1.29, 1.82) is 0 Å². The van der Waals surface area contributed by atoms with Crippen molar-refractivity contribution in [2.45, 2.75) is 19.8 Å². The van der Waals surface area contributed by atoms with Gasteiger partial charge in [0.25, 0.3) is 5.91 Å². The first-order valence-corrected chi connectivity index (χ1v) is 7.94. The first-order chi connectivity index (χ1) is 11.1. The average Bonchev–Trinajstić information content (AvgIpc) is 2.81. The predicted octanol–water partition coefficient (Wildman–Crippen LogP) is 0.887. The maximum Gasteiger partial charge on any atom is 0.251 e. The SMILES string of the molecule is CC(=O)N1CCCN(C(=O)CCNC(=O)c2ccccc2)CC1. The van der Waals surface area contributed by atoms with Crippen LogP contribution in [0.4, 0.5) is 0 Å². The van der Waals surface area contributed by atoms with Crippen LogP contribution in [0, 0.1) is 0 Å². The van der Waals surface area contributed by atoms with E-state index in [9.17, 15) is 14.4 Å². The lowest BCUT2D eigenvalue weighted by Crippen LogP contribution is -2.38. The third-order valence-corrected chi connectivity index (χ3v) is 3.95. The molecule has 1 saturated heterocycles. The number of rotatable bonds is 4. The standard InChI is InChI=1S/C17H23N3O3/c1-14(21)19-10-5-11-20(13-12-19)16(22)8-9-18-17(23)15-6-3-2-4-7-15/h2-4,6-7H,5,8-13H2,1H3,(H,18,23). The van der Waals surface area contributed by atoms with Crippen molar-refractivity contribution in [2.75, 3.05) is 32.7 Å². The van der Waals surface area contributed by atoms with E-state index in [0.717, 1.165) is 6.42 Å². The summed E-state index contributed by atoms with van der Waals surface area (Å²) < 4.78 is 0. The lowest BCUT2D eigenvalue weighted by atomic mass is 10.2. The second-order valence-corrected chi connectivity index (χ2v) is 5.61. The van der Waals surface area contributed by atoms with Gasteiger partial charge >= 0.3 is 0 Å². The van der Waals surface area contributed by atoms with E-state index in [4.69, 9.17) is 0 Å². The Hall–Kier alpha value is -2.37. The molecule has 2 rings (SSSR count). The minimum atomic E-state index is -0.169. The molecule has 1 heterocycles. The number of carbonyl (C=O) groups is 3. The van der Waals surface area contributed by atoms with Gasteiger partial charge in [-0.25, -0.2) is 0 Å². The molecule has 1 aliphatic rings. The van der Waals surface area contributed by atoms with Gasteiger partial charge in [0.05, 0.1) is 0 Å². The van der Waals surface area contributed by atoms with Gasteiger partial charge in [0, 0.05) is 51.6 Å². The zero-order chi connectivity index (χ0) is 16.7. The molecule has 23 heavy (non-hydrogen) atoms. The second kappa shape index (κ2) is 8.31. The Labute approximate surface area is 136 Å². The summed E-state index contributed by atoms with van der Waals surface area (Å²) in [5.41, 5.74) is 0.590. The summed E-state index contributed by atoms with van der Waals surface area (Å²) >= 11 is 0. The summed E-state index contributed by atoms with van der Waals surface area (Å²) in [4.78, 5) is 39.0. The van der Waals surface area contributed by atoms with Gasteiger partial charge in [0.2, 0.25) is 11.8 Å². The summed E-state index contributed by atoms with van der Waals surface area (Å²) in [5.74, 6) is -0.102. The van der Waals surface area contributed by atoms with E-state index in [1.807, 2.05) is 6.07 Å². The number of nitrogens with zero attached hydrogens (tertiary/aromatic N) is 2. The quantitative estimate of drug-likeness (QED) is 0.896. The van der Waals surface area contributed by atoms with Crippen LogP contribution in [0.25, 0.3) is 0 Å². The molecule has 0 bridgehead atoms. The van der Waals surface area contributed by atoms with Crippen LogP contribution in [0.1, 0.15) is 30.1 Å². The molecule has 0 spiro atoms. The highest BCUT2D eigenvalue weighted by atomic mass is 16.2. The average molecular weight is 317 g/mol. The predicted molar refractivity (Wildman–Crippen MR) is 86.8 cm³/mol. The van der Waals surface area contributed by atoms with Crippen molar-refractivity contribution in [3.05, 3.63) is 35.9 Å². The largest absolute Gasteiger partial charge is 0.352 e. The van der Waals surface area contributed by atoms with Crippen LogP contribution in [-0.4, -0.2) is 60.2 Å². The number of carbonyl (C=O) groups excluding carboxylic acids is 3. The third kappa shape index (κ3) is 5.09. The summed E-state index contributed by atoms with van der Waals surface area (Å²) in [5, 5.41) is 2.76. The van der Waals surface area contributed by atoms with Crippen molar-refractivity contribution in [3.8, 4) is 0 Å². The smallest absolute Gasteiger partial charge is 0.251 e. The molecular formula is C17H23N3O3. The molecule has 1 aromatic rings. The van der Waals surface area contributed by atoms with Gasteiger partial charge in [0.15, 0.2) is 0 Å². The number of amides is 3. The Morgan fingerprint density at radius 3 is 2.35 bits per heavy atom. The Balaban J connectivity index is 1.74. The molecule has 1 aromatic carbocycles. The first-order valence-electron chi connectivity index (χ1n) is 7.94. The van der Waals surface area contributed by atoms with E-state index in [1.165, 1.54) is 0 Å². The van der Waals surface area contributed by atoms with E-state index in [2.05, 4.69) is 5.32 Å². The van der Waals surface area contributed by atoms with E-state index in [-0.39, 0.29) is 24.1 Å². The fourth-order valence-corrected chi connectivity index (χ4v) is 2.61. The zero-order valence-corrected chi connectivity index (χ0v) is 13.5. The van der Waals surface area contributed by atoms with Gasteiger partial charge in [-0.2, -0.15) is 0 Å². The van der Waals surface area contributed by atoms with Crippen LogP contribution < -0.4 is 5.32 Å². The fourth-order valence-electron chi connectivity index (χ4n) is 2.61. The maximum atomic E-state index is 12.2. The van der Waals surface area contributed by atoms with Crippen molar-refractivity contribution < 1.29 is 14.4 Å². The van der Waals surface area contributed by atoms with E-state index < -0.39 is 0 Å². The van der Waals surface area contributed by atoms with Crippen LogP contribution in [0.15, 0.2) is 30.3 Å². The first kappa shape index (κ1) is 17.0. The zero-order valence-electron chi connectivity index (χ0n) is 13.5. The summed E-state index contributed by atoms with van der Waals surface area (Å²) in [6.45, 7) is 4.37. The molecule has 1 N–H and O–H groups in total. The molecule has 3 amide bonds. The van der Waals surface area contributed by atoms with Gasteiger partial charge in [0.1, 0.15) is 0 Å². The minimum absolute atomic E-state index is 0.0174. The van der Waals surface area contributed by atoms with Gasteiger partial charge in [-0.15, -0.1) is 0 Å². The minimum Gasteiger partial charge on any atom is -0.352 e. The molecule has 0 aliphatic carbocycles. The summed E-state index contributed by atoms with van der Waals surface area (Å²) in [6.07, 6.45) is 1.07. The molecule has 6 heteroatoms. The van der Waals surface area contributed by atoms with Crippen LogP contribution in [0.2, 0.25) is 0 Å². The number of benzene rings is 1. The lowest BCUT2D eigenvalue weighted by Gasteiger charge is -2.21. The maximum absolute atomic E-state index is 12.2. The second-order valence-electron chi connectivity index (χ2n) is 5.61. The van der Waals surface area contributed by atoms with Crippen molar-refractivity contribution in [3.63, 3.8) is 0 Å². The molecule has 0 unspecified atom stereocenters. The molecule has 1 fully saturated rings. The highest BCUT2D eigenvalue weighted by molar-refractivity contribution is 5.94. The topological polar surface area (TPSA) is 69.7 Å². The molecule has 6 nitrogen and oxygen atoms in total. The van der Waals surface area contributed by atoms with Crippen molar-refractivity contribution in [2.24, 2.45) is 0 Å². The molecule has 0 saturated carbocycles. The molecule has 0 aromatic heterocycles. The monoisotopic (exact) mass is 317 g/mol. The van der Waals surface area contributed by atoms with E-state index in [0.29, 0.717) is 38.3 Å². The lowest BCUT2D eigenvalue weighted by molar-refractivity contribution is -0.132. The van der Waals surface area contributed by atoms with Crippen LogP contribution in [0.5, 0.6) is 0 Å². The van der Waals surface area contributed by atoms with Crippen molar-refractivity contribution >= 4 is 17.7 Å². The summed E-state index contributed by atoms with van der Waals surface area (Å²) in [7, 11) is 0. The van der Waals surface area contributed by atoms with E-state index >= 15 is 0 Å². The highest BCUT2D eigenvalue weighted by Gasteiger charge is 2.20. The van der Waals surface area contributed by atoms with Crippen molar-refractivity contribution in [1.82, 2.24) is 15.1 Å². The van der Waals surface area contributed by atoms with Crippen LogP contribution in [0.3, 0.4) is 0 Å². The highest BCUT2D eigenvalue weighted by Crippen LogP contribution is 2.05. The Morgan fingerprint density at radius 2 is 1.65 bits per heavy atom. The molecule has 0 atom stereocenters. The third-order valence-electron chi connectivity index (χ3n) is 3.95. The van der Waals surface area contributed by atoms with Gasteiger partial charge in [-0.3, -0.25) is 14.4 Å². The molecular weight excluding hydrogens is 294 g/mol. The fraction of sp³-hybridized carbons (Fsp3) is 0.471. The number of hydrogen-bond acceptors (Lipinski definition) is 3. The molecule has 0 radical (unpaired) electrons. The van der Waals surface area contributed by atoms with Gasteiger partial charge < -0.3 is 15.1 Å². The Kier molecular flexibility index (Phi) is 6.14. The van der Waals surface area contributed by atoms with Crippen LogP contribution >= 0.6 is 0 Å². The van der Waals surface area contributed by atoms with Crippen LogP contribution in [-0.2, 0) is 9.59 Å².